The van der Waals surface area contributed by atoms with Crippen LogP contribution in [0, 0.1) is 0 Å². The van der Waals surface area contributed by atoms with E-state index < -0.39 is 12.0 Å². The number of phenols is 1. The van der Waals surface area contributed by atoms with E-state index in [9.17, 15) is 19.8 Å². The zero-order valence-electron chi connectivity index (χ0n) is 11.8. The van der Waals surface area contributed by atoms with Gasteiger partial charge in [0.25, 0.3) is 5.91 Å². The molecule has 0 saturated carbocycles. The van der Waals surface area contributed by atoms with Gasteiger partial charge in [-0.3, -0.25) is 14.7 Å². The van der Waals surface area contributed by atoms with Crippen LogP contribution in [0.2, 0.25) is 0 Å². The zero-order valence-corrected chi connectivity index (χ0v) is 13.4. The van der Waals surface area contributed by atoms with Gasteiger partial charge in [-0.1, -0.05) is 12.1 Å². The third kappa shape index (κ3) is 2.70. The monoisotopic (exact) mass is 352 g/mol. The maximum absolute atomic E-state index is 12.3. The smallest absolute Gasteiger partial charge is 0.352 e. The topological polar surface area (TPSA) is 90.2 Å². The molecule has 2 aliphatic heterocycles. The van der Waals surface area contributed by atoms with Gasteiger partial charge in [-0.2, -0.15) is 0 Å². The number of benzene rings is 1. The fraction of sp³-hybridized carbons (Fsp3) is 0.267. The highest BCUT2D eigenvalue weighted by Crippen LogP contribution is 2.41. The van der Waals surface area contributed by atoms with Crippen LogP contribution in [0.4, 0.5) is 0 Å². The number of para-hydroxylation sites is 1. The standard InChI is InChI=1S/C15H13ClN2O4S/c16-5-9-7-23-14-11(13(20)18(14)12(9)15(21)22)17-6-8-3-1-2-4-10(8)19/h1-4,6,11,14,19H,5,7H2,(H,21,22)/t11-,14+/m1/s1. The van der Waals surface area contributed by atoms with Crippen molar-refractivity contribution in [3.8, 4) is 5.75 Å². The van der Waals surface area contributed by atoms with Crippen LogP contribution in [0.5, 0.6) is 5.75 Å². The van der Waals surface area contributed by atoms with Gasteiger partial charge in [-0.25, -0.2) is 4.79 Å². The van der Waals surface area contributed by atoms with Gasteiger partial charge in [0.1, 0.15) is 16.8 Å². The molecule has 8 heteroatoms. The number of hydrogen-bond acceptors (Lipinski definition) is 5. The van der Waals surface area contributed by atoms with Gasteiger partial charge in [-0.15, -0.1) is 23.4 Å². The molecule has 6 nitrogen and oxygen atoms in total. The first-order chi connectivity index (χ1) is 11.0. The van der Waals surface area contributed by atoms with E-state index in [1.54, 1.807) is 18.2 Å². The summed E-state index contributed by atoms with van der Waals surface area (Å²) in [5, 5.41) is 18.7. The van der Waals surface area contributed by atoms with Crippen molar-refractivity contribution in [1.29, 1.82) is 0 Å². The predicted molar refractivity (Wildman–Crippen MR) is 88.0 cm³/mol. The number of thioether (sulfide) groups is 1. The van der Waals surface area contributed by atoms with Crippen molar-refractivity contribution in [1.82, 2.24) is 4.90 Å². The summed E-state index contributed by atoms with van der Waals surface area (Å²) in [7, 11) is 0. The van der Waals surface area contributed by atoms with Crippen molar-refractivity contribution in [2.45, 2.75) is 11.4 Å². The molecule has 0 radical (unpaired) electrons. The molecule has 0 bridgehead atoms. The van der Waals surface area contributed by atoms with Gasteiger partial charge in [0.05, 0.1) is 0 Å². The van der Waals surface area contributed by atoms with E-state index in [0.717, 1.165) is 0 Å². The number of rotatable bonds is 4. The molecule has 0 aromatic heterocycles. The van der Waals surface area contributed by atoms with Crippen molar-refractivity contribution in [2.24, 2.45) is 4.99 Å². The molecular weight excluding hydrogens is 340 g/mol. The first kappa shape index (κ1) is 15.9. The molecule has 2 N–H and O–H groups in total. The van der Waals surface area contributed by atoms with E-state index in [4.69, 9.17) is 11.6 Å². The highest BCUT2D eigenvalue weighted by Gasteiger charge is 2.53. The van der Waals surface area contributed by atoms with E-state index >= 15 is 0 Å². The second-order valence-electron chi connectivity index (χ2n) is 5.08. The lowest BCUT2D eigenvalue weighted by Crippen LogP contribution is -2.64. The number of amides is 1. The lowest BCUT2D eigenvalue weighted by atomic mass is 10.0. The lowest BCUT2D eigenvalue weighted by molar-refractivity contribution is -0.147. The number of β-lactam (4-membered cyclic amide) rings is 1. The number of alkyl halides is 1. The molecule has 3 rings (SSSR count). The van der Waals surface area contributed by atoms with E-state index in [0.29, 0.717) is 16.9 Å². The van der Waals surface area contributed by atoms with Crippen molar-refractivity contribution in [2.75, 3.05) is 11.6 Å². The molecule has 1 fully saturated rings. The molecule has 23 heavy (non-hydrogen) atoms. The largest absolute Gasteiger partial charge is 0.507 e. The number of aromatic hydroxyl groups is 1. The summed E-state index contributed by atoms with van der Waals surface area (Å²) >= 11 is 7.21. The molecule has 2 heterocycles. The lowest BCUT2D eigenvalue weighted by Gasteiger charge is -2.47. The van der Waals surface area contributed by atoms with E-state index in [1.165, 1.54) is 28.9 Å². The quantitative estimate of drug-likeness (QED) is 0.489. The van der Waals surface area contributed by atoms with Gasteiger partial charge in [0.15, 0.2) is 6.04 Å². The van der Waals surface area contributed by atoms with Gasteiger partial charge in [-0.05, 0) is 17.7 Å². The molecule has 2 aliphatic rings. The van der Waals surface area contributed by atoms with Crippen molar-refractivity contribution in [3.63, 3.8) is 0 Å². The third-order valence-electron chi connectivity index (χ3n) is 3.69. The summed E-state index contributed by atoms with van der Waals surface area (Å²) in [6.45, 7) is 0. The first-order valence-corrected chi connectivity index (χ1v) is 8.40. The summed E-state index contributed by atoms with van der Waals surface area (Å²) in [6, 6.07) is 6.01. The van der Waals surface area contributed by atoms with E-state index in [1.807, 2.05) is 0 Å². The second-order valence-corrected chi connectivity index (χ2v) is 6.45. The Balaban J connectivity index is 1.83. The normalized spacial score (nSPS) is 23.9. The van der Waals surface area contributed by atoms with Gasteiger partial charge >= 0.3 is 5.97 Å². The number of nitrogens with zero attached hydrogens (tertiary/aromatic N) is 2. The van der Waals surface area contributed by atoms with Gasteiger partial charge in [0, 0.05) is 23.4 Å². The van der Waals surface area contributed by atoms with Crippen molar-refractivity contribution >= 4 is 41.5 Å². The minimum atomic E-state index is -1.15. The Morgan fingerprint density at radius 2 is 2.22 bits per heavy atom. The Morgan fingerprint density at radius 1 is 1.48 bits per heavy atom. The molecule has 0 aliphatic carbocycles. The van der Waals surface area contributed by atoms with Crippen LogP contribution in [0.25, 0.3) is 0 Å². The minimum absolute atomic E-state index is 0.0252. The van der Waals surface area contributed by atoms with Crippen LogP contribution < -0.4 is 0 Å². The average Bonchev–Trinajstić information content (AvgIpc) is 2.55. The Kier molecular flexibility index (Phi) is 4.32. The molecule has 2 atom stereocenters. The maximum atomic E-state index is 12.3. The Hall–Kier alpha value is -1.99. The average molecular weight is 353 g/mol. The molecule has 1 saturated heterocycles. The number of phenolic OH excluding ortho intramolecular Hbond substituents is 1. The molecule has 0 spiro atoms. The fourth-order valence-corrected chi connectivity index (χ4v) is 4.20. The van der Waals surface area contributed by atoms with Gasteiger partial charge in [0.2, 0.25) is 0 Å². The molecule has 1 amide bonds. The number of carboxylic acids is 1. The Labute approximate surface area is 141 Å². The van der Waals surface area contributed by atoms with Crippen LogP contribution >= 0.6 is 23.4 Å². The van der Waals surface area contributed by atoms with E-state index in [-0.39, 0.29) is 28.6 Å². The summed E-state index contributed by atoms with van der Waals surface area (Å²) in [5.74, 6) is -0.901. The number of carbonyl (C=O) groups is 2. The summed E-state index contributed by atoms with van der Waals surface area (Å²) in [5.41, 5.74) is 1.02. The zero-order chi connectivity index (χ0) is 16.6. The Morgan fingerprint density at radius 3 is 2.87 bits per heavy atom. The molecule has 1 aromatic carbocycles. The molecule has 120 valence electrons. The van der Waals surface area contributed by atoms with Crippen LogP contribution in [0.1, 0.15) is 5.56 Å². The number of hydrogen-bond donors (Lipinski definition) is 2. The number of aliphatic carboxylic acids is 1. The number of fused-ring (bicyclic) bond motifs is 1. The second kappa shape index (κ2) is 6.25. The van der Waals surface area contributed by atoms with Crippen LogP contribution in [0.15, 0.2) is 40.5 Å². The van der Waals surface area contributed by atoms with Crippen molar-refractivity contribution in [3.05, 3.63) is 41.1 Å². The number of aliphatic imine (C=N–C) groups is 1. The molecular formula is C15H13ClN2O4S. The van der Waals surface area contributed by atoms with Crippen LogP contribution in [0.3, 0.4) is 0 Å². The highest BCUT2D eigenvalue weighted by molar-refractivity contribution is 8.00. The predicted octanol–water partition coefficient (Wildman–Crippen LogP) is 1.67. The van der Waals surface area contributed by atoms with Gasteiger partial charge < -0.3 is 10.2 Å². The third-order valence-corrected chi connectivity index (χ3v) is 5.34. The molecule has 0 unspecified atom stereocenters. The van der Waals surface area contributed by atoms with Crippen LogP contribution in [-0.2, 0) is 9.59 Å². The number of carbonyl (C=O) groups excluding carboxylic acids is 1. The van der Waals surface area contributed by atoms with Crippen LogP contribution in [-0.4, -0.2) is 56.3 Å². The number of carboxylic acid groups (broad SMARTS) is 1. The van der Waals surface area contributed by atoms with E-state index in [2.05, 4.69) is 4.99 Å². The molecule has 1 aromatic rings. The highest BCUT2D eigenvalue weighted by atomic mass is 35.5. The minimum Gasteiger partial charge on any atom is -0.507 e. The number of halogens is 1. The first-order valence-electron chi connectivity index (χ1n) is 6.81. The summed E-state index contributed by atoms with van der Waals surface area (Å²) < 4.78 is 0. The SMILES string of the molecule is O=C(O)C1=C(CCl)CS[C@H]2[C@H](N=Cc3ccccc3O)C(=O)N12. The Bertz CT molecular complexity index is 734. The maximum Gasteiger partial charge on any atom is 0.352 e. The summed E-state index contributed by atoms with van der Waals surface area (Å²) in [6.07, 6.45) is 1.44. The van der Waals surface area contributed by atoms with Crippen molar-refractivity contribution < 1.29 is 19.8 Å². The summed E-state index contributed by atoms with van der Waals surface area (Å²) in [4.78, 5) is 29.1. The fourth-order valence-electron chi connectivity index (χ4n) is 2.53.